The maximum atomic E-state index is 6.18. The summed E-state index contributed by atoms with van der Waals surface area (Å²) >= 11 is 0. The zero-order chi connectivity index (χ0) is 12.8. The van der Waals surface area contributed by atoms with Gasteiger partial charge in [0.15, 0.2) is 0 Å². The molecule has 0 amide bonds. The Balaban J connectivity index is 2.10. The number of rotatable bonds is 2. The van der Waals surface area contributed by atoms with Crippen LogP contribution < -0.4 is 0 Å². The minimum Gasteiger partial charge on any atom is -0.403 e. The first-order chi connectivity index (χ1) is 7.74. The Morgan fingerprint density at radius 2 is 1.53 bits per heavy atom. The molecule has 0 aromatic heterocycles. The van der Waals surface area contributed by atoms with E-state index in [1.807, 2.05) is 0 Å². The largest absolute Gasteiger partial charge is 0.462 e. The Morgan fingerprint density at radius 3 is 2.00 bits per heavy atom. The number of hydrogen-bond acceptors (Lipinski definition) is 3. The van der Waals surface area contributed by atoms with Crippen LogP contribution in [0.15, 0.2) is 0 Å². The van der Waals surface area contributed by atoms with Crippen molar-refractivity contribution < 1.29 is 9.31 Å². The molecule has 1 aliphatic heterocycles. The minimum atomic E-state index is -0.197. The molecule has 2 unspecified atom stereocenters. The van der Waals surface area contributed by atoms with Gasteiger partial charge in [0, 0.05) is 11.9 Å². The Bertz CT molecular complexity index is 275. The van der Waals surface area contributed by atoms with E-state index in [9.17, 15) is 0 Å². The monoisotopic (exact) mass is 239 g/mol. The van der Waals surface area contributed by atoms with E-state index in [4.69, 9.17) is 9.31 Å². The van der Waals surface area contributed by atoms with Crippen LogP contribution in [0, 0.1) is 0 Å². The summed E-state index contributed by atoms with van der Waals surface area (Å²) in [5.74, 6) is 0.519. The molecule has 17 heavy (non-hydrogen) atoms. The predicted octanol–water partition coefficient (Wildman–Crippen LogP) is 2.56. The molecule has 1 saturated heterocycles. The summed E-state index contributed by atoms with van der Waals surface area (Å²) in [6.07, 6.45) is 3.78. The first-order valence-electron chi connectivity index (χ1n) is 6.77. The molecule has 2 atom stereocenters. The fourth-order valence-corrected chi connectivity index (χ4v) is 2.99. The van der Waals surface area contributed by atoms with E-state index in [2.05, 4.69) is 46.7 Å². The smallest absolute Gasteiger partial charge is 0.403 e. The molecule has 4 heteroatoms. The lowest BCUT2D eigenvalue weighted by Gasteiger charge is -2.32. The highest BCUT2D eigenvalue weighted by atomic mass is 16.7. The first-order valence-corrected chi connectivity index (χ1v) is 6.77. The third-order valence-corrected chi connectivity index (χ3v) is 4.82. The maximum Gasteiger partial charge on any atom is 0.462 e. The molecule has 1 heterocycles. The van der Waals surface area contributed by atoms with Crippen molar-refractivity contribution in [2.45, 2.75) is 70.0 Å². The summed E-state index contributed by atoms with van der Waals surface area (Å²) in [7, 11) is 4.29. The van der Waals surface area contributed by atoms with E-state index >= 15 is 0 Å². The Labute approximate surface area is 106 Å². The predicted molar refractivity (Wildman–Crippen MR) is 71.2 cm³/mol. The van der Waals surface area contributed by atoms with Gasteiger partial charge in [-0.25, -0.2) is 0 Å². The van der Waals surface area contributed by atoms with Crippen LogP contribution in [0.5, 0.6) is 0 Å². The van der Waals surface area contributed by atoms with Crippen molar-refractivity contribution in [3.8, 4) is 0 Å². The molecule has 1 aliphatic carbocycles. The summed E-state index contributed by atoms with van der Waals surface area (Å²) in [5, 5.41) is 0. The van der Waals surface area contributed by atoms with Crippen LogP contribution in [0.1, 0.15) is 47.0 Å². The van der Waals surface area contributed by atoms with E-state index in [1.54, 1.807) is 0 Å². The molecule has 0 spiro atoms. The third kappa shape index (κ3) is 2.27. The van der Waals surface area contributed by atoms with Gasteiger partial charge < -0.3 is 14.2 Å². The van der Waals surface area contributed by atoms with E-state index in [0.717, 1.165) is 0 Å². The van der Waals surface area contributed by atoms with Gasteiger partial charge in [-0.15, -0.1) is 0 Å². The molecule has 2 fully saturated rings. The van der Waals surface area contributed by atoms with Crippen LogP contribution in [-0.4, -0.2) is 43.4 Å². The molecule has 0 aromatic rings. The fourth-order valence-electron chi connectivity index (χ4n) is 2.99. The van der Waals surface area contributed by atoms with Crippen molar-refractivity contribution in [3.63, 3.8) is 0 Å². The van der Waals surface area contributed by atoms with Crippen LogP contribution in [-0.2, 0) is 9.31 Å². The summed E-state index contributed by atoms with van der Waals surface area (Å²) < 4.78 is 12.4. The van der Waals surface area contributed by atoms with Crippen LogP contribution >= 0.6 is 0 Å². The highest BCUT2D eigenvalue weighted by molar-refractivity contribution is 6.47. The van der Waals surface area contributed by atoms with Gasteiger partial charge in [0.2, 0.25) is 0 Å². The van der Waals surface area contributed by atoms with Gasteiger partial charge in [0.05, 0.1) is 11.2 Å². The average molecular weight is 239 g/mol. The molecular weight excluding hydrogens is 213 g/mol. The molecule has 2 rings (SSSR count). The van der Waals surface area contributed by atoms with Crippen molar-refractivity contribution in [3.05, 3.63) is 0 Å². The normalized spacial score (nSPS) is 35.8. The van der Waals surface area contributed by atoms with Gasteiger partial charge >= 0.3 is 7.12 Å². The highest BCUT2D eigenvalue weighted by Gasteiger charge is 2.55. The van der Waals surface area contributed by atoms with E-state index in [1.165, 1.54) is 19.3 Å². The quantitative estimate of drug-likeness (QED) is 0.691. The molecule has 2 aliphatic rings. The van der Waals surface area contributed by atoms with Crippen LogP contribution in [0.25, 0.3) is 0 Å². The SMILES string of the molecule is CN(C)C1CCCC1B1OC(C)(C)C(C)(C)O1. The Kier molecular flexibility index (Phi) is 3.35. The molecular formula is C13H26BNO2. The lowest BCUT2D eigenvalue weighted by molar-refractivity contribution is 0.00578. The van der Waals surface area contributed by atoms with Crippen molar-refractivity contribution in [1.29, 1.82) is 0 Å². The maximum absolute atomic E-state index is 6.18. The third-order valence-electron chi connectivity index (χ3n) is 4.82. The van der Waals surface area contributed by atoms with E-state index < -0.39 is 0 Å². The van der Waals surface area contributed by atoms with Crippen LogP contribution in [0.2, 0.25) is 5.82 Å². The zero-order valence-corrected chi connectivity index (χ0v) is 12.1. The summed E-state index contributed by atoms with van der Waals surface area (Å²) in [6.45, 7) is 8.53. The van der Waals surface area contributed by atoms with Crippen molar-refractivity contribution in [2.75, 3.05) is 14.1 Å². The second kappa shape index (κ2) is 4.25. The fraction of sp³-hybridized carbons (Fsp3) is 1.00. The number of nitrogens with zero attached hydrogens (tertiary/aromatic N) is 1. The highest BCUT2D eigenvalue weighted by Crippen LogP contribution is 2.45. The van der Waals surface area contributed by atoms with Gasteiger partial charge in [-0.05, 0) is 48.2 Å². The van der Waals surface area contributed by atoms with Gasteiger partial charge in [-0.1, -0.05) is 12.8 Å². The average Bonchev–Trinajstić information content (AvgIpc) is 2.69. The van der Waals surface area contributed by atoms with Crippen LogP contribution in [0.3, 0.4) is 0 Å². The standard InChI is InChI=1S/C13H26BNO2/c1-12(2)13(3,4)17-14(16-12)10-8-7-9-11(10)15(5)6/h10-11H,7-9H2,1-6H3. The molecule has 0 radical (unpaired) electrons. The zero-order valence-electron chi connectivity index (χ0n) is 12.1. The van der Waals surface area contributed by atoms with Gasteiger partial charge in [-0.3, -0.25) is 0 Å². The second-order valence-electron chi connectivity index (χ2n) is 6.75. The molecule has 0 bridgehead atoms. The van der Waals surface area contributed by atoms with Gasteiger partial charge in [0.25, 0.3) is 0 Å². The summed E-state index contributed by atoms with van der Waals surface area (Å²) in [4.78, 5) is 2.32. The lowest BCUT2D eigenvalue weighted by Crippen LogP contribution is -2.41. The molecule has 0 N–H and O–H groups in total. The van der Waals surface area contributed by atoms with Crippen molar-refractivity contribution in [1.82, 2.24) is 4.90 Å². The molecule has 0 aromatic carbocycles. The van der Waals surface area contributed by atoms with Gasteiger partial charge in [0.1, 0.15) is 0 Å². The number of hydrogen-bond donors (Lipinski definition) is 0. The van der Waals surface area contributed by atoms with E-state index in [-0.39, 0.29) is 18.3 Å². The second-order valence-corrected chi connectivity index (χ2v) is 6.75. The van der Waals surface area contributed by atoms with Crippen LogP contribution in [0.4, 0.5) is 0 Å². The summed E-state index contributed by atoms with van der Waals surface area (Å²) in [6, 6.07) is 0.602. The molecule has 1 saturated carbocycles. The first kappa shape index (κ1) is 13.4. The molecule has 98 valence electrons. The lowest BCUT2D eigenvalue weighted by atomic mass is 9.68. The van der Waals surface area contributed by atoms with E-state index in [0.29, 0.717) is 11.9 Å². The molecule has 3 nitrogen and oxygen atoms in total. The minimum absolute atomic E-state index is 0.0325. The Hall–Kier alpha value is -0.0551. The van der Waals surface area contributed by atoms with Gasteiger partial charge in [-0.2, -0.15) is 0 Å². The topological polar surface area (TPSA) is 21.7 Å². The summed E-state index contributed by atoms with van der Waals surface area (Å²) in [5.41, 5.74) is -0.395. The van der Waals surface area contributed by atoms with Crippen molar-refractivity contribution in [2.24, 2.45) is 0 Å². The Morgan fingerprint density at radius 1 is 1.00 bits per heavy atom. The van der Waals surface area contributed by atoms with Crippen molar-refractivity contribution >= 4 is 7.12 Å².